The van der Waals surface area contributed by atoms with Gasteiger partial charge in [-0.05, 0) is 32.0 Å². The molecule has 0 spiro atoms. The van der Waals surface area contributed by atoms with E-state index in [1.807, 2.05) is 24.3 Å². The number of aromatic nitrogens is 2. The summed E-state index contributed by atoms with van der Waals surface area (Å²) in [5.41, 5.74) is 6.91. The minimum absolute atomic E-state index is 0.345. The predicted molar refractivity (Wildman–Crippen MR) is 79.3 cm³/mol. The number of para-hydroxylation sites is 1. The van der Waals surface area contributed by atoms with Gasteiger partial charge in [0, 0.05) is 18.5 Å². The Bertz CT molecular complexity index is 595. The maximum Gasteiger partial charge on any atom is 0.145 e. The van der Waals surface area contributed by atoms with Crippen molar-refractivity contribution in [2.45, 2.75) is 25.5 Å². The van der Waals surface area contributed by atoms with Crippen LogP contribution < -0.4 is 5.73 Å². The van der Waals surface area contributed by atoms with Gasteiger partial charge in [-0.3, -0.25) is 4.90 Å². The zero-order chi connectivity index (χ0) is 13.9. The van der Waals surface area contributed by atoms with E-state index >= 15 is 0 Å². The Hall–Kier alpha value is -1.72. The molecule has 0 aliphatic carbocycles. The van der Waals surface area contributed by atoms with Gasteiger partial charge in [0.05, 0.1) is 18.2 Å². The quantitative estimate of drug-likeness (QED) is 0.919. The number of nitrogens with two attached hydrogens (primary N) is 1. The van der Waals surface area contributed by atoms with Crippen LogP contribution in [0.1, 0.15) is 18.7 Å². The Balaban J connectivity index is 1.73. The highest BCUT2D eigenvalue weighted by atomic mass is 16.5. The summed E-state index contributed by atoms with van der Waals surface area (Å²) in [6.07, 6.45) is 2.65. The summed E-state index contributed by atoms with van der Waals surface area (Å²) >= 11 is 0. The van der Waals surface area contributed by atoms with E-state index in [9.17, 15) is 0 Å². The summed E-state index contributed by atoms with van der Waals surface area (Å²) in [4.78, 5) is 11.2. The van der Waals surface area contributed by atoms with Gasteiger partial charge in [-0.15, -0.1) is 0 Å². The van der Waals surface area contributed by atoms with E-state index < -0.39 is 0 Å². The molecule has 0 saturated carbocycles. The van der Waals surface area contributed by atoms with Crippen LogP contribution in [0, 0.1) is 0 Å². The van der Waals surface area contributed by atoms with Crippen LogP contribution in [0.2, 0.25) is 0 Å². The van der Waals surface area contributed by atoms with Gasteiger partial charge < -0.3 is 10.5 Å². The lowest BCUT2D eigenvalue weighted by Crippen LogP contribution is -2.29. The van der Waals surface area contributed by atoms with E-state index in [2.05, 4.69) is 21.9 Å². The molecule has 2 heterocycles. The second-order valence-electron chi connectivity index (χ2n) is 5.37. The summed E-state index contributed by atoms with van der Waals surface area (Å²) in [5.74, 6) is 1.32. The first-order valence-electron chi connectivity index (χ1n) is 7.03. The molecule has 5 heteroatoms. The van der Waals surface area contributed by atoms with Crippen molar-refractivity contribution in [2.75, 3.05) is 25.9 Å². The molecule has 1 aromatic carbocycles. The Labute approximate surface area is 118 Å². The van der Waals surface area contributed by atoms with Crippen molar-refractivity contribution >= 4 is 16.7 Å². The largest absolute Gasteiger partial charge is 0.383 e. The van der Waals surface area contributed by atoms with Crippen LogP contribution >= 0.6 is 0 Å². The molecule has 1 aliphatic rings. The molecule has 20 heavy (non-hydrogen) atoms. The molecule has 3 rings (SSSR count). The van der Waals surface area contributed by atoms with Crippen LogP contribution in [0.5, 0.6) is 0 Å². The second-order valence-corrected chi connectivity index (χ2v) is 5.37. The van der Waals surface area contributed by atoms with Crippen LogP contribution in [-0.4, -0.2) is 41.2 Å². The fraction of sp³-hybridized carbons (Fsp3) is 0.467. The molecule has 2 N–H and O–H groups in total. The molecule has 1 atom stereocenters. The Morgan fingerprint density at radius 2 is 2.20 bits per heavy atom. The third-order valence-corrected chi connectivity index (χ3v) is 3.63. The molecule has 0 unspecified atom stereocenters. The predicted octanol–water partition coefficient (Wildman–Crippen LogP) is 1.82. The molecular weight excluding hydrogens is 252 g/mol. The summed E-state index contributed by atoms with van der Waals surface area (Å²) in [6, 6.07) is 7.83. The molecule has 1 saturated heterocycles. The van der Waals surface area contributed by atoms with Crippen molar-refractivity contribution in [1.29, 1.82) is 0 Å². The SMILES string of the molecule is CN(Cc1nc(N)c2ccccc2n1)C[C@H]1CCCO1. The number of likely N-dealkylation sites (N-methyl/N-ethyl adjacent to an activating group) is 1. The van der Waals surface area contributed by atoms with Crippen LogP contribution in [0.4, 0.5) is 5.82 Å². The van der Waals surface area contributed by atoms with E-state index in [0.29, 0.717) is 18.5 Å². The topological polar surface area (TPSA) is 64.3 Å². The number of fused-ring (bicyclic) bond motifs is 1. The molecule has 1 aromatic heterocycles. The number of nitrogens with zero attached hydrogens (tertiary/aromatic N) is 3. The van der Waals surface area contributed by atoms with Crippen molar-refractivity contribution in [2.24, 2.45) is 0 Å². The number of hydrogen-bond acceptors (Lipinski definition) is 5. The van der Waals surface area contributed by atoms with Gasteiger partial charge in [0.1, 0.15) is 11.6 Å². The number of anilines is 1. The first kappa shape index (κ1) is 13.3. The highest BCUT2D eigenvalue weighted by molar-refractivity contribution is 5.87. The lowest BCUT2D eigenvalue weighted by molar-refractivity contribution is 0.0787. The van der Waals surface area contributed by atoms with Crippen LogP contribution in [0.25, 0.3) is 10.9 Å². The van der Waals surface area contributed by atoms with Gasteiger partial charge in [0.2, 0.25) is 0 Å². The van der Waals surface area contributed by atoms with Gasteiger partial charge >= 0.3 is 0 Å². The lowest BCUT2D eigenvalue weighted by atomic mass is 10.2. The first-order valence-corrected chi connectivity index (χ1v) is 7.03. The van der Waals surface area contributed by atoms with E-state index in [1.165, 1.54) is 0 Å². The average Bonchev–Trinajstić information content (AvgIpc) is 2.91. The molecule has 5 nitrogen and oxygen atoms in total. The minimum Gasteiger partial charge on any atom is -0.383 e. The van der Waals surface area contributed by atoms with Crippen molar-refractivity contribution in [3.05, 3.63) is 30.1 Å². The fourth-order valence-electron chi connectivity index (χ4n) is 2.66. The maximum absolute atomic E-state index is 6.00. The average molecular weight is 272 g/mol. The summed E-state index contributed by atoms with van der Waals surface area (Å²) < 4.78 is 5.65. The highest BCUT2D eigenvalue weighted by Crippen LogP contribution is 2.18. The molecule has 0 bridgehead atoms. The van der Waals surface area contributed by atoms with Gasteiger partial charge in [0.25, 0.3) is 0 Å². The normalized spacial score (nSPS) is 19.0. The molecule has 1 fully saturated rings. The molecule has 2 aromatic rings. The van der Waals surface area contributed by atoms with E-state index in [1.54, 1.807) is 0 Å². The zero-order valence-electron chi connectivity index (χ0n) is 11.7. The lowest BCUT2D eigenvalue weighted by Gasteiger charge is -2.19. The highest BCUT2D eigenvalue weighted by Gasteiger charge is 2.18. The van der Waals surface area contributed by atoms with Crippen LogP contribution in [-0.2, 0) is 11.3 Å². The van der Waals surface area contributed by atoms with E-state index in [-0.39, 0.29) is 0 Å². The number of rotatable bonds is 4. The van der Waals surface area contributed by atoms with Gasteiger partial charge in [-0.25, -0.2) is 9.97 Å². The fourth-order valence-corrected chi connectivity index (χ4v) is 2.66. The smallest absolute Gasteiger partial charge is 0.145 e. The zero-order valence-corrected chi connectivity index (χ0v) is 11.7. The third-order valence-electron chi connectivity index (χ3n) is 3.63. The Morgan fingerprint density at radius 3 is 3.00 bits per heavy atom. The molecule has 106 valence electrons. The minimum atomic E-state index is 0.345. The Kier molecular flexibility index (Phi) is 3.80. The van der Waals surface area contributed by atoms with Crippen molar-refractivity contribution in [1.82, 2.24) is 14.9 Å². The number of ether oxygens (including phenoxy) is 1. The summed E-state index contributed by atoms with van der Waals surface area (Å²) in [5, 5.41) is 0.915. The third kappa shape index (κ3) is 2.89. The molecule has 0 amide bonds. The van der Waals surface area contributed by atoms with Crippen molar-refractivity contribution in [3.63, 3.8) is 0 Å². The second kappa shape index (κ2) is 5.73. The van der Waals surface area contributed by atoms with E-state index in [4.69, 9.17) is 10.5 Å². The van der Waals surface area contributed by atoms with E-state index in [0.717, 1.165) is 42.7 Å². The maximum atomic E-state index is 6.00. The van der Waals surface area contributed by atoms with Crippen molar-refractivity contribution in [3.8, 4) is 0 Å². The standard InChI is InChI=1S/C15H20N4O/c1-19(9-11-5-4-8-20-11)10-14-17-13-7-3-2-6-12(13)15(16)18-14/h2-3,6-7,11H,4-5,8-10H2,1H3,(H2,16,17,18)/t11-/m1/s1. The first-order chi connectivity index (χ1) is 9.72. The number of hydrogen-bond donors (Lipinski definition) is 1. The summed E-state index contributed by atoms with van der Waals surface area (Å²) in [6.45, 7) is 2.49. The molecule has 0 radical (unpaired) electrons. The van der Waals surface area contributed by atoms with Crippen molar-refractivity contribution < 1.29 is 4.74 Å². The summed E-state index contributed by atoms with van der Waals surface area (Å²) in [7, 11) is 2.07. The monoisotopic (exact) mass is 272 g/mol. The van der Waals surface area contributed by atoms with Crippen LogP contribution in [0.15, 0.2) is 24.3 Å². The van der Waals surface area contributed by atoms with Gasteiger partial charge in [-0.1, -0.05) is 12.1 Å². The number of benzene rings is 1. The Morgan fingerprint density at radius 1 is 1.35 bits per heavy atom. The molecule has 1 aliphatic heterocycles. The molecular formula is C15H20N4O. The van der Waals surface area contributed by atoms with Gasteiger partial charge in [0.15, 0.2) is 0 Å². The number of nitrogen functional groups attached to an aromatic ring is 1. The van der Waals surface area contributed by atoms with Gasteiger partial charge in [-0.2, -0.15) is 0 Å². The van der Waals surface area contributed by atoms with Crippen LogP contribution in [0.3, 0.4) is 0 Å².